The minimum absolute atomic E-state index is 0.111. The first-order chi connectivity index (χ1) is 7.14. The van der Waals surface area contributed by atoms with Gasteiger partial charge >= 0.3 is 7.12 Å². The molecule has 0 N–H and O–H groups in total. The molecule has 1 saturated heterocycles. The smallest absolute Gasteiger partial charge is 0.407 e. The summed E-state index contributed by atoms with van der Waals surface area (Å²) in [4.78, 5) is 0. The molecule has 1 aliphatic rings. The van der Waals surface area contributed by atoms with E-state index in [1.807, 2.05) is 5.98 Å². The van der Waals surface area contributed by atoms with E-state index in [9.17, 15) is 0 Å². The fraction of sp³-hybridized carbons (Fsp3) is 0.833. The van der Waals surface area contributed by atoms with Crippen LogP contribution in [0.4, 0.5) is 0 Å². The third kappa shape index (κ3) is 5.38. The second-order valence-corrected chi connectivity index (χ2v) is 5.08. The van der Waals surface area contributed by atoms with E-state index in [0.29, 0.717) is 0 Å². The zero-order valence-electron chi connectivity index (χ0n) is 10.3. The van der Waals surface area contributed by atoms with Crippen molar-refractivity contribution in [3.8, 4) is 0 Å². The summed E-state index contributed by atoms with van der Waals surface area (Å²) in [6.07, 6.45) is 7.17. The third-order valence-electron chi connectivity index (χ3n) is 2.54. The van der Waals surface area contributed by atoms with E-state index in [1.54, 1.807) is 0 Å². The van der Waals surface area contributed by atoms with Crippen LogP contribution in [-0.2, 0) is 9.31 Å². The number of hydrogen-bond acceptors (Lipinski definition) is 2. The first-order valence-corrected chi connectivity index (χ1v) is 6.04. The topological polar surface area (TPSA) is 18.5 Å². The van der Waals surface area contributed by atoms with E-state index in [0.717, 1.165) is 19.6 Å². The normalized spacial score (nSPS) is 21.1. The van der Waals surface area contributed by atoms with Gasteiger partial charge in [0.1, 0.15) is 0 Å². The maximum Gasteiger partial charge on any atom is 0.485 e. The highest BCUT2D eigenvalue weighted by Crippen LogP contribution is 2.21. The lowest BCUT2D eigenvalue weighted by Gasteiger charge is -2.31. The zero-order chi connectivity index (χ0) is 11.1. The van der Waals surface area contributed by atoms with Gasteiger partial charge in [0.2, 0.25) is 0 Å². The number of rotatable bonds is 5. The Labute approximate surface area is 94.2 Å². The Morgan fingerprint density at radius 3 is 2.47 bits per heavy atom. The molecule has 0 spiro atoms. The Balaban J connectivity index is 2.12. The van der Waals surface area contributed by atoms with Gasteiger partial charge in [-0.2, -0.15) is 0 Å². The summed E-state index contributed by atoms with van der Waals surface area (Å²) in [5, 5.41) is 0. The molecule has 15 heavy (non-hydrogen) atoms. The van der Waals surface area contributed by atoms with Gasteiger partial charge in [0.05, 0.1) is 0 Å². The molecule has 3 heteroatoms. The Hall–Kier alpha value is -0.275. The van der Waals surface area contributed by atoms with E-state index in [4.69, 9.17) is 9.31 Å². The highest BCUT2D eigenvalue weighted by Gasteiger charge is 2.29. The molecule has 86 valence electrons. The summed E-state index contributed by atoms with van der Waals surface area (Å²) in [6.45, 7) is 8.12. The van der Waals surface area contributed by atoms with Crippen LogP contribution >= 0.6 is 0 Å². The molecule has 0 aromatic carbocycles. The fourth-order valence-corrected chi connectivity index (χ4v) is 1.54. The van der Waals surface area contributed by atoms with Crippen LogP contribution in [0.3, 0.4) is 0 Å². The molecule has 1 aliphatic heterocycles. The summed E-state index contributed by atoms with van der Waals surface area (Å²) < 4.78 is 11.2. The maximum absolute atomic E-state index is 5.59. The van der Waals surface area contributed by atoms with Crippen molar-refractivity contribution in [1.82, 2.24) is 0 Å². The average molecular weight is 210 g/mol. The van der Waals surface area contributed by atoms with Gasteiger partial charge in [-0.3, -0.25) is 0 Å². The van der Waals surface area contributed by atoms with Gasteiger partial charge in [-0.05, 0) is 12.8 Å². The first-order valence-electron chi connectivity index (χ1n) is 6.04. The molecule has 0 radical (unpaired) electrons. The molecule has 0 amide bonds. The van der Waals surface area contributed by atoms with Gasteiger partial charge in [-0.15, -0.1) is 0 Å². The summed E-state index contributed by atoms with van der Waals surface area (Å²) in [5.41, 5.74) is 0.173. The Bertz CT molecular complexity index is 192. The summed E-state index contributed by atoms with van der Waals surface area (Å²) in [7, 11) is -0.111. The van der Waals surface area contributed by atoms with Crippen molar-refractivity contribution in [2.24, 2.45) is 5.41 Å². The van der Waals surface area contributed by atoms with Gasteiger partial charge < -0.3 is 9.31 Å². The number of allylic oxidation sites excluding steroid dienone is 1. The summed E-state index contributed by atoms with van der Waals surface area (Å²) >= 11 is 0. The van der Waals surface area contributed by atoms with Gasteiger partial charge in [-0.25, -0.2) is 0 Å². The van der Waals surface area contributed by atoms with Crippen LogP contribution in [0.15, 0.2) is 12.1 Å². The van der Waals surface area contributed by atoms with E-state index in [2.05, 4.69) is 26.8 Å². The van der Waals surface area contributed by atoms with Gasteiger partial charge in [-0.1, -0.05) is 45.7 Å². The largest absolute Gasteiger partial charge is 0.485 e. The van der Waals surface area contributed by atoms with Crippen LogP contribution in [0.25, 0.3) is 0 Å². The average Bonchev–Trinajstić information content (AvgIpc) is 2.20. The third-order valence-corrected chi connectivity index (χ3v) is 2.54. The van der Waals surface area contributed by atoms with Crippen LogP contribution in [-0.4, -0.2) is 20.3 Å². The monoisotopic (exact) mass is 210 g/mol. The molecule has 0 aliphatic carbocycles. The van der Waals surface area contributed by atoms with Gasteiger partial charge in [0, 0.05) is 18.6 Å². The number of unbranched alkanes of at least 4 members (excludes halogenated alkanes) is 3. The van der Waals surface area contributed by atoms with Crippen LogP contribution in [0.2, 0.25) is 0 Å². The molecule has 2 nitrogen and oxygen atoms in total. The highest BCUT2D eigenvalue weighted by molar-refractivity contribution is 6.50. The predicted molar refractivity (Wildman–Crippen MR) is 64.7 cm³/mol. The van der Waals surface area contributed by atoms with Crippen molar-refractivity contribution in [3.05, 3.63) is 12.1 Å². The molecule has 0 unspecified atom stereocenters. The lowest BCUT2D eigenvalue weighted by molar-refractivity contribution is 0.0336. The van der Waals surface area contributed by atoms with E-state index in [-0.39, 0.29) is 12.5 Å². The lowest BCUT2D eigenvalue weighted by atomic mass is 9.83. The predicted octanol–water partition coefficient (Wildman–Crippen LogP) is 3.22. The quantitative estimate of drug-likeness (QED) is 0.512. The second-order valence-electron chi connectivity index (χ2n) is 5.08. The molecule has 0 atom stereocenters. The van der Waals surface area contributed by atoms with Gasteiger partial charge in [0.15, 0.2) is 0 Å². The highest BCUT2D eigenvalue weighted by atomic mass is 16.6. The molecule has 0 aromatic rings. The Morgan fingerprint density at radius 1 is 1.20 bits per heavy atom. The van der Waals surface area contributed by atoms with Crippen molar-refractivity contribution in [2.45, 2.75) is 46.5 Å². The zero-order valence-corrected chi connectivity index (χ0v) is 10.3. The Kier molecular flexibility index (Phi) is 5.41. The maximum atomic E-state index is 5.59. The van der Waals surface area contributed by atoms with Crippen molar-refractivity contribution >= 4 is 7.12 Å². The molecule has 0 bridgehead atoms. The minimum Gasteiger partial charge on any atom is -0.407 e. The SMILES string of the molecule is CCCCC/C=C/B1OCC(C)(C)CO1. The summed E-state index contributed by atoms with van der Waals surface area (Å²) in [6, 6.07) is 0. The van der Waals surface area contributed by atoms with E-state index >= 15 is 0 Å². The van der Waals surface area contributed by atoms with Crippen LogP contribution in [0.5, 0.6) is 0 Å². The fourth-order valence-electron chi connectivity index (χ4n) is 1.54. The second kappa shape index (κ2) is 6.34. The van der Waals surface area contributed by atoms with Gasteiger partial charge in [0.25, 0.3) is 0 Å². The van der Waals surface area contributed by atoms with Crippen LogP contribution in [0.1, 0.15) is 46.5 Å². The lowest BCUT2D eigenvalue weighted by Crippen LogP contribution is -2.39. The molecular weight excluding hydrogens is 187 g/mol. The number of hydrogen-bond donors (Lipinski definition) is 0. The van der Waals surface area contributed by atoms with Crippen molar-refractivity contribution in [2.75, 3.05) is 13.2 Å². The van der Waals surface area contributed by atoms with E-state index < -0.39 is 0 Å². The van der Waals surface area contributed by atoms with Crippen molar-refractivity contribution in [1.29, 1.82) is 0 Å². The molecule has 1 rings (SSSR count). The van der Waals surface area contributed by atoms with Crippen LogP contribution in [0, 0.1) is 5.41 Å². The summed E-state index contributed by atoms with van der Waals surface area (Å²) in [5.74, 6) is 2.05. The van der Waals surface area contributed by atoms with Crippen LogP contribution < -0.4 is 0 Å². The van der Waals surface area contributed by atoms with E-state index in [1.165, 1.54) is 19.3 Å². The van der Waals surface area contributed by atoms with Crippen molar-refractivity contribution in [3.63, 3.8) is 0 Å². The molecule has 0 aromatic heterocycles. The standard InChI is InChI=1S/C12H23BO2/c1-4-5-6-7-8-9-13-14-10-12(2,3)11-15-13/h8-9H,4-7,10-11H2,1-3H3/b9-8+. The minimum atomic E-state index is -0.111. The van der Waals surface area contributed by atoms with Crippen molar-refractivity contribution < 1.29 is 9.31 Å². The molecule has 1 heterocycles. The first kappa shape index (κ1) is 12.8. The Morgan fingerprint density at radius 2 is 1.87 bits per heavy atom. The molecule has 0 saturated carbocycles. The molecular formula is C12H23BO2. The molecule has 1 fully saturated rings.